The van der Waals surface area contributed by atoms with E-state index in [1.165, 1.54) is 0 Å². The normalized spacial score (nSPS) is 10.8. The summed E-state index contributed by atoms with van der Waals surface area (Å²) in [5.41, 5.74) is 2.14. The maximum absolute atomic E-state index is 5.31. The smallest absolute Gasteiger partial charge is 0.216 e. The van der Waals surface area contributed by atoms with Gasteiger partial charge in [0.05, 0.1) is 18.4 Å². The summed E-state index contributed by atoms with van der Waals surface area (Å²) in [4.78, 5) is 0. The summed E-state index contributed by atoms with van der Waals surface area (Å²) < 4.78 is 12.1. The second-order valence-corrected chi connectivity index (χ2v) is 3.72. The van der Waals surface area contributed by atoms with Crippen LogP contribution in [0, 0.1) is 6.92 Å². The minimum Gasteiger partial charge on any atom is -0.481 e. The summed E-state index contributed by atoms with van der Waals surface area (Å²) in [6.45, 7) is 4.50. The molecular formula is C11H21N3O2. The Morgan fingerprint density at radius 3 is 2.75 bits per heavy atom. The minimum atomic E-state index is 0.784. The van der Waals surface area contributed by atoms with Crippen molar-refractivity contribution >= 4 is 0 Å². The lowest BCUT2D eigenvalue weighted by molar-refractivity contribution is 0.194. The van der Waals surface area contributed by atoms with E-state index < -0.39 is 0 Å². The van der Waals surface area contributed by atoms with Gasteiger partial charge in [0.1, 0.15) is 0 Å². The molecule has 92 valence electrons. The molecule has 0 aromatic carbocycles. The van der Waals surface area contributed by atoms with E-state index >= 15 is 0 Å². The topological polar surface area (TPSA) is 48.3 Å². The summed E-state index contributed by atoms with van der Waals surface area (Å²) in [6.07, 6.45) is 1.01. The van der Waals surface area contributed by atoms with E-state index in [-0.39, 0.29) is 0 Å². The Morgan fingerprint density at radius 2 is 2.12 bits per heavy atom. The highest BCUT2D eigenvalue weighted by atomic mass is 16.5. The molecule has 0 atom stereocenters. The molecule has 16 heavy (non-hydrogen) atoms. The third-order valence-electron chi connectivity index (χ3n) is 2.49. The van der Waals surface area contributed by atoms with Crippen LogP contribution in [0.2, 0.25) is 0 Å². The number of nitrogens with one attached hydrogen (secondary N) is 1. The molecule has 0 amide bonds. The number of aromatic nitrogens is 2. The first-order valence-electron chi connectivity index (χ1n) is 5.46. The lowest BCUT2D eigenvalue weighted by Gasteiger charge is -2.06. The number of hydrogen-bond donors (Lipinski definition) is 1. The van der Waals surface area contributed by atoms with Gasteiger partial charge in [-0.25, -0.2) is 4.68 Å². The van der Waals surface area contributed by atoms with Crippen molar-refractivity contribution in [1.82, 2.24) is 15.1 Å². The zero-order chi connectivity index (χ0) is 12.0. The summed E-state index contributed by atoms with van der Waals surface area (Å²) in [7, 11) is 5.28. The summed E-state index contributed by atoms with van der Waals surface area (Å²) in [5, 5.41) is 7.68. The van der Waals surface area contributed by atoms with Crippen LogP contribution < -0.4 is 10.1 Å². The first-order chi connectivity index (χ1) is 7.70. The Kier molecular flexibility index (Phi) is 5.28. The first kappa shape index (κ1) is 13.0. The third kappa shape index (κ3) is 3.21. The van der Waals surface area contributed by atoms with E-state index in [0.29, 0.717) is 0 Å². The van der Waals surface area contributed by atoms with Crippen molar-refractivity contribution in [1.29, 1.82) is 0 Å². The van der Waals surface area contributed by atoms with Crippen molar-refractivity contribution in [3.8, 4) is 5.88 Å². The maximum atomic E-state index is 5.31. The van der Waals surface area contributed by atoms with Crippen LogP contribution in [-0.2, 0) is 18.3 Å². The molecule has 0 radical (unpaired) electrons. The van der Waals surface area contributed by atoms with Gasteiger partial charge in [0.25, 0.3) is 0 Å². The second-order valence-electron chi connectivity index (χ2n) is 3.72. The molecule has 1 rings (SSSR count). The van der Waals surface area contributed by atoms with Gasteiger partial charge in [0, 0.05) is 27.3 Å². The van der Waals surface area contributed by atoms with E-state index in [2.05, 4.69) is 10.4 Å². The monoisotopic (exact) mass is 227 g/mol. The number of nitrogens with zero attached hydrogens (tertiary/aromatic N) is 2. The standard InChI is InChI=1S/C11H21N3O2/c1-9-10(8-12-6-5-7-15-3)11(16-4)14(2)13-9/h12H,5-8H2,1-4H3. The van der Waals surface area contributed by atoms with E-state index in [1.807, 2.05) is 14.0 Å². The number of methoxy groups -OCH3 is 2. The maximum Gasteiger partial charge on any atom is 0.216 e. The SMILES string of the molecule is COCCCNCc1c(C)nn(C)c1OC. The molecular weight excluding hydrogens is 206 g/mol. The van der Waals surface area contributed by atoms with Gasteiger partial charge in [-0.1, -0.05) is 0 Å². The van der Waals surface area contributed by atoms with Crippen LogP contribution in [0.1, 0.15) is 17.7 Å². The molecule has 0 spiro atoms. The Bertz CT molecular complexity index is 323. The highest BCUT2D eigenvalue weighted by Gasteiger charge is 2.12. The number of hydrogen-bond acceptors (Lipinski definition) is 4. The summed E-state index contributed by atoms with van der Waals surface area (Å²) in [5.74, 6) is 0.830. The first-order valence-corrected chi connectivity index (χ1v) is 5.46. The zero-order valence-electron chi connectivity index (χ0n) is 10.5. The molecule has 1 N–H and O–H groups in total. The van der Waals surface area contributed by atoms with E-state index in [1.54, 1.807) is 18.9 Å². The highest BCUT2D eigenvalue weighted by molar-refractivity contribution is 5.30. The molecule has 0 fully saturated rings. The van der Waals surface area contributed by atoms with Crippen LogP contribution in [0.25, 0.3) is 0 Å². The molecule has 1 aromatic heterocycles. The van der Waals surface area contributed by atoms with Crippen molar-refractivity contribution in [2.75, 3.05) is 27.4 Å². The molecule has 5 heteroatoms. The van der Waals surface area contributed by atoms with Crippen molar-refractivity contribution in [2.24, 2.45) is 7.05 Å². The number of rotatable bonds is 7. The molecule has 5 nitrogen and oxygen atoms in total. The van der Waals surface area contributed by atoms with Crippen molar-refractivity contribution in [2.45, 2.75) is 19.9 Å². The Labute approximate surface area is 96.7 Å². The molecule has 1 aromatic rings. The lowest BCUT2D eigenvalue weighted by atomic mass is 10.2. The van der Waals surface area contributed by atoms with Crippen LogP contribution in [0.3, 0.4) is 0 Å². The molecule has 0 aliphatic heterocycles. The lowest BCUT2D eigenvalue weighted by Crippen LogP contribution is -2.16. The fourth-order valence-corrected chi connectivity index (χ4v) is 1.69. The Morgan fingerprint density at radius 1 is 1.38 bits per heavy atom. The van der Waals surface area contributed by atoms with Crippen molar-refractivity contribution in [3.63, 3.8) is 0 Å². The largest absolute Gasteiger partial charge is 0.481 e. The van der Waals surface area contributed by atoms with Crippen LogP contribution in [0.4, 0.5) is 0 Å². The number of ether oxygens (including phenoxy) is 2. The van der Waals surface area contributed by atoms with E-state index in [4.69, 9.17) is 9.47 Å². The molecule has 0 aliphatic carbocycles. The van der Waals surface area contributed by atoms with Crippen LogP contribution in [0.5, 0.6) is 5.88 Å². The molecule has 0 saturated heterocycles. The minimum absolute atomic E-state index is 0.784. The predicted molar refractivity (Wildman–Crippen MR) is 62.7 cm³/mol. The molecule has 0 bridgehead atoms. The van der Waals surface area contributed by atoms with Gasteiger partial charge in [0.15, 0.2) is 0 Å². The molecule has 0 saturated carbocycles. The average Bonchev–Trinajstić information content (AvgIpc) is 2.53. The predicted octanol–water partition coefficient (Wildman–Crippen LogP) is 0.863. The summed E-state index contributed by atoms with van der Waals surface area (Å²) >= 11 is 0. The van der Waals surface area contributed by atoms with Gasteiger partial charge >= 0.3 is 0 Å². The van der Waals surface area contributed by atoms with Gasteiger partial charge in [0.2, 0.25) is 5.88 Å². The van der Waals surface area contributed by atoms with E-state index in [0.717, 1.165) is 43.3 Å². The van der Waals surface area contributed by atoms with Crippen LogP contribution in [0.15, 0.2) is 0 Å². The van der Waals surface area contributed by atoms with Gasteiger partial charge in [-0.15, -0.1) is 0 Å². The molecule has 0 unspecified atom stereocenters. The Hall–Kier alpha value is -1.07. The average molecular weight is 227 g/mol. The van der Waals surface area contributed by atoms with Crippen LogP contribution >= 0.6 is 0 Å². The fraction of sp³-hybridized carbons (Fsp3) is 0.727. The van der Waals surface area contributed by atoms with Crippen molar-refractivity contribution < 1.29 is 9.47 Å². The zero-order valence-corrected chi connectivity index (χ0v) is 10.5. The van der Waals surface area contributed by atoms with Gasteiger partial charge in [-0.3, -0.25) is 0 Å². The third-order valence-corrected chi connectivity index (χ3v) is 2.49. The molecule has 1 heterocycles. The van der Waals surface area contributed by atoms with Gasteiger partial charge < -0.3 is 14.8 Å². The van der Waals surface area contributed by atoms with Gasteiger partial charge in [-0.2, -0.15) is 5.10 Å². The Balaban J connectivity index is 2.46. The quantitative estimate of drug-likeness (QED) is 0.702. The highest BCUT2D eigenvalue weighted by Crippen LogP contribution is 2.20. The van der Waals surface area contributed by atoms with Crippen molar-refractivity contribution in [3.05, 3.63) is 11.3 Å². The number of aryl methyl sites for hydroxylation is 2. The molecule has 0 aliphatic rings. The second kappa shape index (κ2) is 6.50. The summed E-state index contributed by atoms with van der Waals surface area (Å²) in [6, 6.07) is 0. The van der Waals surface area contributed by atoms with E-state index in [9.17, 15) is 0 Å². The fourth-order valence-electron chi connectivity index (χ4n) is 1.69. The van der Waals surface area contributed by atoms with Crippen LogP contribution in [-0.4, -0.2) is 37.2 Å². The van der Waals surface area contributed by atoms with Gasteiger partial charge in [-0.05, 0) is 19.9 Å².